The molecule has 1 aromatic carbocycles. The summed E-state index contributed by atoms with van der Waals surface area (Å²) in [5.74, 6) is 1.62. The SMILES string of the molecule is CCCNc1cc(OCc2ccccc2Cl)ccn1. The van der Waals surface area contributed by atoms with Crippen LogP contribution in [0.5, 0.6) is 5.75 Å². The van der Waals surface area contributed by atoms with Crippen LogP contribution >= 0.6 is 11.6 Å². The Bertz CT molecular complexity index is 531. The molecular weight excluding hydrogens is 260 g/mol. The standard InChI is InChI=1S/C15H17ClN2O/c1-2-8-17-15-10-13(7-9-18-15)19-11-12-5-3-4-6-14(12)16/h3-7,9-10H,2,8,11H2,1H3,(H,17,18). The predicted molar refractivity (Wildman–Crippen MR) is 78.8 cm³/mol. The topological polar surface area (TPSA) is 34.1 Å². The van der Waals surface area contributed by atoms with Gasteiger partial charge in [0.2, 0.25) is 0 Å². The summed E-state index contributed by atoms with van der Waals surface area (Å²) in [4.78, 5) is 4.23. The van der Waals surface area contributed by atoms with Crippen molar-refractivity contribution >= 4 is 17.4 Å². The Morgan fingerprint density at radius 1 is 1.26 bits per heavy atom. The molecule has 1 aromatic heterocycles. The zero-order valence-corrected chi connectivity index (χ0v) is 11.7. The Kier molecular flexibility index (Phi) is 5.04. The van der Waals surface area contributed by atoms with Crippen LogP contribution in [-0.2, 0) is 6.61 Å². The maximum atomic E-state index is 6.09. The Hall–Kier alpha value is -1.74. The van der Waals surface area contributed by atoms with Gasteiger partial charge < -0.3 is 10.1 Å². The molecule has 2 aromatic rings. The zero-order chi connectivity index (χ0) is 13.5. The van der Waals surface area contributed by atoms with Gasteiger partial charge in [-0.1, -0.05) is 36.7 Å². The van der Waals surface area contributed by atoms with Gasteiger partial charge in [0.05, 0.1) is 0 Å². The smallest absolute Gasteiger partial charge is 0.129 e. The van der Waals surface area contributed by atoms with Gasteiger partial charge in [-0.25, -0.2) is 4.98 Å². The summed E-state index contributed by atoms with van der Waals surface area (Å²) in [5, 5.41) is 3.95. The first-order valence-electron chi connectivity index (χ1n) is 6.35. The summed E-state index contributed by atoms with van der Waals surface area (Å²) >= 11 is 6.09. The zero-order valence-electron chi connectivity index (χ0n) is 10.9. The molecule has 0 saturated carbocycles. The molecule has 0 amide bonds. The number of benzene rings is 1. The minimum atomic E-state index is 0.455. The highest BCUT2D eigenvalue weighted by atomic mass is 35.5. The van der Waals surface area contributed by atoms with E-state index in [0.29, 0.717) is 6.61 Å². The third kappa shape index (κ3) is 4.14. The number of nitrogens with zero attached hydrogens (tertiary/aromatic N) is 1. The van der Waals surface area contributed by atoms with Gasteiger partial charge in [0, 0.05) is 29.4 Å². The number of hydrogen-bond acceptors (Lipinski definition) is 3. The molecule has 0 spiro atoms. The summed E-state index contributed by atoms with van der Waals surface area (Å²) in [6.07, 6.45) is 2.80. The van der Waals surface area contributed by atoms with Gasteiger partial charge in [0.25, 0.3) is 0 Å². The molecule has 0 aliphatic rings. The maximum Gasteiger partial charge on any atom is 0.129 e. The largest absolute Gasteiger partial charge is 0.489 e. The van der Waals surface area contributed by atoms with Crippen LogP contribution in [0.4, 0.5) is 5.82 Å². The van der Waals surface area contributed by atoms with E-state index in [4.69, 9.17) is 16.3 Å². The average Bonchev–Trinajstić information content (AvgIpc) is 2.45. The summed E-state index contributed by atoms with van der Waals surface area (Å²) in [7, 11) is 0. The van der Waals surface area contributed by atoms with Crippen molar-refractivity contribution in [2.24, 2.45) is 0 Å². The van der Waals surface area contributed by atoms with E-state index < -0.39 is 0 Å². The van der Waals surface area contributed by atoms with Crippen molar-refractivity contribution in [2.75, 3.05) is 11.9 Å². The van der Waals surface area contributed by atoms with Crippen molar-refractivity contribution in [3.05, 3.63) is 53.2 Å². The lowest BCUT2D eigenvalue weighted by molar-refractivity contribution is 0.306. The van der Waals surface area contributed by atoms with Crippen LogP contribution in [0.1, 0.15) is 18.9 Å². The van der Waals surface area contributed by atoms with Gasteiger partial charge in [-0.15, -0.1) is 0 Å². The maximum absolute atomic E-state index is 6.09. The highest BCUT2D eigenvalue weighted by Gasteiger charge is 2.01. The van der Waals surface area contributed by atoms with Crippen molar-refractivity contribution in [3.8, 4) is 5.75 Å². The molecule has 0 bridgehead atoms. The fourth-order valence-corrected chi connectivity index (χ4v) is 1.82. The van der Waals surface area contributed by atoms with Gasteiger partial charge in [-0.2, -0.15) is 0 Å². The van der Waals surface area contributed by atoms with Crippen molar-refractivity contribution in [1.29, 1.82) is 0 Å². The number of hydrogen-bond donors (Lipinski definition) is 1. The van der Waals surface area contributed by atoms with Gasteiger partial charge in [-0.05, 0) is 18.6 Å². The minimum Gasteiger partial charge on any atom is -0.489 e. The monoisotopic (exact) mass is 276 g/mol. The molecule has 1 heterocycles. The lowest BCUT2D eigenvalue weighted by Gasteiger charge is -2.09. The average molecular weight is 277 g/mol. The summed E-state index contributed by atoms with van der Waals surface area (Å²) in [5.41, 5.74) is 0.976. The molecule has 0 unspecified atom stereocenters. The number of halogens is 1. The highest BCUT2D eigenvalue weighted by Crippen LogP contribution is 2.19. The number of ether oxygens (including phenoxy) is 1. The number of nitrogens with one attached hydrogen (secondary N) is 1. The number of pyridine rings is 1. The highest BCUT2D eigenvalue weighted by molar-refractivity contribution is 6.31. The molecule has 0 atom stereocenters. The lowest BCUT2D eigenvalue weighted by Crippen LogP contribution is -2.02. The quantitative estimate of drug-likeness (QED) is 0.861. The van der Waals surface area contributed by atoms with Crippen LogP contribution in [0.3, 0.4) is 0 Å². The molecule has 2 rings (SSSR count). The third-order valence-electron chi connectivity index (χ3n) is 2.64. The molecule has 0 radical (unpaired) electrons. The third-order valence-corrected chi connectivity index (χ3v) is 3.01. The summed E-state index contributed by atoms with van der Waals surface area (Å²) < 4.78 is 5.73. The first-order chi connectivity index (χ1) is 9.29. The van der Waals surface area contributed by atoms with E-state index in [1.54, 1.807) is 6.20 Å². The van der Waals surface area contributed by atoms with E-state index >= 15 is 0 Å². The number of rotatable bonds is 6. The van der Waals surface area contributed by atoms with E-state index in [-0.39, 0.29) is 0 Å². The van der Waals surface area contributed by atoms with E-state index in [0.717, 1.165) is 35.1 Å². The van der Waals surface area contributed by atoms with Gasteiger partial charge >= 0.3 is 0 Å². The molecule has 19 heavy (non-hydrogen) atoms. The Morgan fingerprint density at radius 2 is 2.11 bits per heavy atom. The van der Waals surface area contributed by atoms with Crippen LogP contribution in [0.15, 0.2) is 42.6 Å². The Balaban J connectivity index is 1.98. The van der Waals surface area contributed by atoms with Gasteiger partial charge in [0.1, 0.15) is 18.2 Å². The second-order valence-corrected chi connectivity index (χ2v) is 4.59. The second-order valence-electron chi connectivity index (χ2n) is 4.18. The Morgan fingerprint density at radius 3 is 2.89 bits per heavy atom. The van der Waals surface area contributed by atoms with Crippen molar-refractivity contribution < 1.29 is 4.74 Å². The first-order valence-corrected chi connectivity index (χ1v) is 6.73. The lowest BCUT2D eigenvalue weighted by atomic mass is 10.2. The van der Waals surface area contributed by atoms with Crippen LogP contribution < -0.4 is 10.1 Å². The molecule has 0 aliphatic carbocycles. The molecule has 3 nitrogen and oxygen atoms in total. The van der Waals surface area contributed by atoms with Crippen LogP contribution in [0, 0.1) is 0 Å². The van der Waals surface area contributed by atoms with Gasteiger partial charge in [-0.3, -0.25) is 0 Å². The summed E-state index contributed by atoms with van der Waals surface area (Å²) in [6, 6.07) is 11.4. The van der Waals surface area contributed by atoms with Crippen LogP contribution in [-0.4, -0.2) is 11.5 Å². The molecule has 0 fully saturated rings. The normalized spacial score (nSPS) is 10.2. The fourth-order valence-electron chi connectivity index (χ4n) is 1.63. The molecule has 4 heteroatoms. The Labute approximate surface area is 118 Å². The van der Waals surface area contributed by atoms with Crippen molar-refractivity contribution in [1.82, 2.24) is 4.98 Å². The van der Waals surface area contributed by atoms with Crippen LogP contribution in [0.25, 0.3) is 0 Å². The fraction of sp³-hybridized carbons (Fsp3) is 0.267. The van der Waals surface area contributed by atoms with E-state index in [2.05, 4.69) is 17.2 Å². The van der Waals surface area contributed by atoms with Crippen molar-refractivity contribution in [2.45, 2.75) is 20.0 Å². The number of anilines is 1. The van der Waals surface area contributed by atoms with E-state index in [9.17, 15) is 0 Å². The molecule has 1 N–H and O–H groups in total. The van der Waals surface area contributed by atoms with Crippen molar-refractivity contribution in [3.63, 3.8) is 0 Å². The first kappa shape index (κ1) is 13.7. The minimum absolute atomic E-state index is 0.455. The molecule has 100 valence electrons. The van der Waals surface area contributed by atoms with Gasteiger partial charge in [0.15, 0.2) is 0 Å². The molecule has 0 aliphatic heterocycles. The van der Waals surface area contributed by atoms with E-state index in [1.807, 2.05) is 36.4 Å². The van der Waals surface area contributed by atoms with Crippen LogP contribution in [0.2, 0.25) is 5.02 Å². The number of aromatic nitrogens is 1. The molecule has 0 saturated heterocycles. The second kappa shape index (κ2) is 7.00. The molecular formula is C15H17ClN2O. The summed E-state index contributed by atoms with van der Waals surface area (Å²) in [6.45, 7) is 3.47. The van der Waals surface area contributed by atoms with E-state index in [1.165, 1.54) is 0 Å². The predicted octanol–water partition coefficient (Wildman–Crippen LogP) is 4.14.